The molecule has 2 heterocycles. The topological polar surface area (TPSA) is 184 Å². The molecule has 1 saturated heterocycles. The SMILES string of the molecule is CON=C(C(=O)NC1C(=O)N(S(=O)(=O)[O-])C1C(C)=O)c1csc(N)n1.[Na+]. The molecule has 1 fully saturated rings. The Balaban J connectivity index is 0.00000338. The molecule has 0 bridgehead atoms. The molecule has 0 aromatic carbocycles. The van der Waals surface area contributed by atoms with Crippen molar-refractivity contribution in [2.24, 2.45) is 5.16 Å². The molecular formula is C11H12N5NaO7S2. The quantitative estimate of drug-likeness (QED) is 0.151. The third kappa shape index (κ3) is 4.39. The fourth-order valence-electron chi connectivity index (χ4n) is 2.15. The number of oxime groups is 1. The number of hydrogen-bond acceptors (Lipinski definition) is 11. The Morgan fingerprint density at radius 1 is 1.50 bits per heavy atom. The molecule has 2 amide bonds. The van der Waals surface area contributed by atoms with E-state index in [9.17, 15) is 27.4 Å². The van der Waals surface area contributed by atoms with Crippen molar-refractivity contribution in [1.82, 2.24) is 14.6 Å². The molecule has 2 atom stereocenters. The van der Waals surface area contributed by atoms with Crippen LogP contribution in [0.25, 0.3) is 0 Å². The summed E-state index contributed by atoms with van der Waals surface area (Å²) < 4.78 is 33.0. The van der Waals surface area contributed by atoms with Crippen LogP contribution in [-0.4, -0.2) is 64.8 Å². The zero-order chi connectivity index (χ0) is 18.9. The van der Waals surface area contributed by atoms with E-state index in [2.05, 4.69) is 20.3 Å². The summed E-state index contributed by atoms with van der Waals surface area (Å²) in [5, 5.41) is 7.19. The van der Waals surface area contributed by atoms with Gasteiger partial charge in [0.2, 0.25) is 0 Å². The van der Waals surface area contributed by atoms with E-state index in [-0.39, 0.29) is 50.4 Å². The van der Waals surface area contributed by atoms with Gasteiger partial charge in [0, 0.05) is 5.38 Å². The molecule has 1 aliphatic heterocycles. The Bertz CT molecular complexity index is 868. The summed E-state index contributed by atoms with van der Waals surface area (Å²) in [7, 11) is -4.01. The number of aromatic nitrogens is 1. The number of Topliss-reactive ketones (excluding diaryl/α,β-unsaturated/α-hetero) is 1. The molecule has 12 nitrogen and oxygen atoms in total. The second kappa shape index (κ2) is 8.41. The third-order valence-electron chi connectivity index (χ3n) is 3.16. The number of rotatable bonds is 6. The molecular weight excluding hydrogens is 401 g/mol. The number of nitrogens with zero attached hydrogens (tertiary/aromatic N) is 3. The average Bonchev–Trinajstić information content (AvgIpc) is 2.91. The van der Waals surface area contributed by atoms with Gasteiger partial charge < -0.3 is 20.4 Å². The average molecular weight is 413 g/mol. The maximum atomic E-state index is 12.3. The molecule has 3 N–H and O–H groups in total. The fourth-order valence-corrected chi connectivity index (χ4v) is 3.58. The number of carbonyl (C=O) groups is 3. The number of carbonyl (C=O) groups excluding carboxylic acids is 3. The maximum absolute atomic E-state index is 12.3. The fraction of sp³-hybridized carbons (Fsp3) is 0.364. The molecule has 15 heteroatoms. The van der Waals surface area contributed by atoms with Crippen molar-refractivity contribution in [3.8, 4) is 0 Å². The number of ketones is 1. The van der Waals surface area contributed by atoms with E-state index in [1.807, 2.05) is 0 Å². The minimum absolute atomic E-state index is 0. The van der Waals surface area contributed by atoms with Gasteiger partial charge in [0.25, 0.3) is 11.8 Å². The van der Waals surface area contributed by atoms with Gasteiger partial charge in [-0.15, -0.1) is 11.3 Å². The molecule has 0 aliphatic carbocycles. The van der Waals surface area contributed by atoms with E-state index in [1.165, 1.54) is 12.5 Å². The summed E-state index contributed by atoms with van der Waals surface area (Å²) in [5.41, 5.74) is 5.19. The minimum atomic E-state index is -5.18. The number of β-lactam (4-membered cyclic amide) rings is 1. The van der Waals surface area contributed by atoms with Crippen LogP contribution in [0.1, 0.15) is 12.6 Å². The summed E-state index contributed by atoms with van der Waals surface area (Å²) in [6.07, 6.45) is 0. The van der Waals surface area contributed by atoms with Crippen LogP contribution in [0.2, 0.25) is 0 Å². The molecule has 1 aliphatic rings. The normalized spacial score (nSPS) is 20.0. The van der Waals surface area contributed by atoms with Crippen molar-refractivity contribution in [2.45, 2.75) is 19.0 Å². The van der Waals surface area contributed by atoms with E-state index in [1.54, 1.807) is 0 Å². The van der Waals surface area contributed by atoms with Crippen molar-refractivity contribution < 1.29 is 61.7 Å². The Labute approximate surface area is 173 Å². The van der Waals surface area contributed by atoms with Crippen LogP contribution >= 0.6 is 11.3 Å². The van der Waals surface area contributed by atoms with E-state index in [0.717, 1.165) is 18.3 Å². The molecule has 0 radical (unpaired) electrons. The summed E-state index contributed by atoms with van der Waals surface area (Å²) in [6, 6.07) is -3.14. The first kappa shape index (κ1) is 22.5. The van der Waals surface area contributed by atoms with Gasteiger partial charge >= 0.3 is 29.6 Å². The summed E-state index contributed by atoms with van der Waals surface area (Å²) in [5.74, 6) is -2.97. The molecule has 1 aromatic rings. The van der Waals surface area contributed by atoms with E-state index in [4.69, 9.17) is 5.73 Å². The second-order valence-electron chi connectivity index (χ2n) is 4.79. The zero-order valence-corrected chi connectivity index (χ0v) is 17.5. The van der Waals surface area contributed by atoms with Crippen molar-refractivity contribution >= 4 is 50.1 Å². The second-order valence-corrected chi connectivity index (χ2v) is 6.93. The van der Waals surface area contributed by atoms with E-state index < -0.39 is 40.0 Å². The Kier molecular flexibility index (Phi) is 7.26. The number of nitrogen functional groups attached to an aromatic ring is 1. The van der Waals surface area contributed by atoms with Crippen LogP contribution < -0.4 is 40.6 Å². The number of nitrogens with two attached hydrogens (primary N) is 1. The number of nitrogens with one attached hydrogen (secondary N) is 1. The summed E-state index contributed by atoms with van der Waals surface area (Å²) in [4.78, 5) is 44.1. The zero-order valence-electron chi connectivity index (χ0n) is 13.8. The molecule has 1 aromatic heterocycles. The van der Waals surface area contributed by atoms with Crippen LogP contribution in [0.3, 0.4) is 0 Å². The Morgan fingerprint density at radius 3 is 2.54 bits per heavy atom. The van der Waals surface area contributed by atoms with Crippen LogP contribution in [0.5, 0.6) is 0 Å². The number of amides is 2. The maximum Gasteiger partial charge on any atom is 1.00 e. The van der Waals surface area contributed by atoms with Crippen molar-refractivity contribution in [1.29, 1.82) is 0 Å². The molecule has 2 rings (SSSR count). The molecule has 0 spiro atoms. The Hall–Kier alpha value is -1.58. The van der Waals surface area contributed by atoms with Crippen molar-refractivity contribution in [2.75, 3.05) is 12.8 Å². The number of hydrogen-bond donors (Lipinski definition) is 2. The van der Waals surface area contributed by atoms with Gasteiger partial charge in [-0.2, -0.15) is 0 Å². The smallest absolute Gasteiger partial charge is 0.731 e. The summed E-state index contributed by atoms with van der Waals surface area (Å²) >= 11 is 1.02. The molecule has 136 valence electrons. The largest absolute Gasteiger partial charge is 1.00 e. The van der Waals surface area contributed by atoms with Gasteiger partial charge in [0.05, 0.1) is 0 Å². The summed E-state index contributed by atoms with van der Waals surface area (Å²) in [6.45, 7) is 0.986. The van der Waals surface area contributed by atoms with Crippen LogP contribution in [-0.2, 0) is 29.5 Å². The van der Waals surface area contributed by atoms with Gasteiger partial charge in [0.15, 0.2) is 26.9 Å². The first-order valence-electron chi connectivity index (χ1n) is 6.50. The first-order valence-corrected chi connectivity index (χ1v) is 8.75. The van der Waals surface area contributed by atoms with Crippen LogP contribution in [0.15, 0.2) is 10.5 Å². The number of thiazole rings is 1. The van der Waals surface area contributed by atoms with Gasteiger partial charge in [-0.25, -0.2) is 17.7 Å². The van der Waals surface area contributed by atoms with E-state index in [0.29, 0.717) is 0 Å². The van der Waals surface area contributed by atoms with Crippen molar-refractivity contribution in [3.63, 3.8) is 0 Å². The van der Waals surface area contributed by atoms with Crippen LogP contribution in [0, 0.1) is 0 Å². The molecule has 26 heavy (non-hydrogen) atoms. The van der Waals surface area contributed by atoms with Gasteiger partial charge in [-0.05, 0) is 6.92 Å². The predicted octanol–water partition coefficient (Wildman–Crippen LogP) is -5.18. The minimum Gasteiger partial charge on any atom is -0.731 e. The van der Waals surface area contributed by atoms with Gasteiger partial charge in [0.1, 0.15) is 24.9 Å². The van der Waals surface area contributed by atoms with E-state index >= 15 is 0 Å². The van der Waals surface area contributed by atoms with Crippen LogP contribution in [0.4, 0.5) is 5.13 Å². The Morgan fingerprint density at radius 2 is 2.12 bits per heavy atom. The number of anilines is 1. The first-order chi connectivity index (χ1) is 11.6. The van der Waals surface area contributed by atoms with Gasteiger partial charge in [-0.3, -0.25) is 14.4 Å². The monoisotopic (exact) mass is 413 g/mol. The molecule has 2 unspecified atom stereocenters. The van der Waals surface area contributed by atoms with Crippen molar-refractivity contribution in [3.05, 3.63) is 11.1 Å². The molecule has 0 saturated carbocycles. The van der Waals surface area contributed by atoms with Gasteiger partial charge in [-0.1, -0.05) is 5.16 Å². The third-order valence-corrected chi connectivity index (χ3v) is 4.72. The predicted molar refractivity (Wildman–Crippen MR) is 83.0 cm³/mol. The standard InChI is InChI=1S/C11H13N5O7S2.Na/c1-4(17)8-7(10(19)16(8)25(20,21)22)14-9(18)6(15-23-2)5-3-24-11(12)13-5;/h3,7-8H,1-2H3,(H2,12,13)(H,14,18)(H,20,21,22);/q;+1/p-1.